The second-order valence-corrected chi connectivity index (χ2v) is 5.02. The van der Waals surface area contributed by atoms with Crippen LogP contribution in [0.4, 0.5) is 0 Å². The number of nitrogens with one attached hydrogen (secondary N) is 2. The van der Waals surface area contributed by atoms with E-state index in [1.807, 2.05) is 12.1 Å². The molecule has 1 heterocycles. The molecule has 0 bridgehead atoms. The zero-order valence-corrected chi connectivity index (χ0v) is 12.0. The van der Waals surface area contributed by atoms with Crippen molar-refractivity contribution >= 4 is 0 Å². The highest BCUT2D eigenvalue weighted by molar-refractivity contribution is 5.42. The summed E-state index contributed by atoms with van der Waals surface area (Å²) in [5.41, 5.74) is 1.15. The van der Waals surface area contributed by atoms with Crippen LogP contribution in [0.5, 0.6) is 11.5 Å². The van der Waals surface area contributed by atoms with Gasteiger partial charge in [-0.15, -0.1) is 0 Å². The predicted molar refractivity (Wildman–Crippen MR) is 77.0 cm³/mol. The molecule has 106 valence electrons. The average Bonchev–Trinajstić information content (AvgIpc) is 2.47. The van der Waals surface area contributed by atoms with Crippen LogP contribution < -0.4 is 20.1 Å². The third-order valence-electron chi connectivity index (χ3n) is 3.73. The van der Waals surface area contributed by atoms with Crippen LogP contribution in [0.25, 0.3) is 0 Å². The maximum absolute atomic E-state index is 5.45. The molecule has 0 aromatic heterocycles. The van der Waals surface area contributed by atoms with Crippen molar-refractivity contribution in [3.63, 3.8) is 0 Å². The first-order valence-electron chi connectivity index (χ1n) is 6.93. The molecule has 19 heavy (non-hydrogen) atoms. The SMILES string of the molecule is COc1ccc(OC)c(C(C)NC2CCNCC2)c1. The van der Waals surface area contributed by atoms with Crippen LogP contribution in [0.1, 0.15) is 31.4 Å². The first-order valence-corrected chi connectivity index (χ1v) is 6.93. The molecule has 1 saturated heterocycles. The van der Waals surface area contributed by atoms with E-state index < -0.39 is 0 Å². The molecule has 2 rings (SSSR count). The molecule has 1 aromatic carbocycles. The van der Waals surface area contributed by atoms with Crippen molar-refractivity contribution < 1.29 is 9.47 Å². The zero-order valence-electron chi connectivity index (χ0n) is 12.0. The second kappa shape index (κ2) is 6.78. The predicted octanol–water partition coefficient (Wildman–Crippen LogP) is 2.11. The molecule has 1 unspecified atom stereocenters. The summed E-state index contributed by atoms with van der Waals surface area (Å²) in [5.74, 6) is 1.78. The summed E-state index contributed by atoms with van der Waals surface area (Å²) >= 11 is 0. The summed E-state index contributed by atoms with van der Waals surface area (Å²) in [6.07, 6.45) is 2.35. The number of piperidine rings is 1. The topological polar surface area (TPSA) is 42.5 Å². The summed E-state index contributed by atoms with van der Waals surface area (Å²) in [7, 11) is 3.40. The summed E-state index contributed by atoms with van der Waals surface area (Å²) in [4.78, 5) is 0. The molecule has 1 aliphatic heterocycles. The van der Waals surface area contributed by atoms with Gasteiger partial charge in [0.25, 0.3) is 0 Å². The van der Waals surface area contributed by atoms with E-state index in [9.17, 15) is 0 Å². The van der Waals surface area contributed by atoms with E-state index >= 15 is 0 Å². The zero-order chi connectivity index (χ0) is 13.7. The number of rotatable bonds is 5. The van der Waals surface area contributed by atoms with E-state index in [4.69, 9.17) is 9.47 Å². The van der Waals surface area contributed by atoms with E-state index in [-0.39, 0.29) is 6.04 Å². The number of hydrogen-bond donors (Lipinski definition) is 2. The lowest BCUT2D eigenvalue weighted by Gasteiger charge is -2.28. The van der Waals surface area contributed by atoms with Gasteiger partial charge >= 0.3 is 0 Å². The van der Waals surface area contributed by atoms with Gasteiger partial charge in [0.15, 0.2) is 0 Å². The third-order valence-corrected chi connectivity index (χ3v) is 3.73. The van der Waals surface area contributed by atoms with E-state index in [1.165, 1.54) is 12.8 Å². The van der Waals surface area contributed by atoms with Crippen molar-refractivity contribution in [3.05, 3.63) is 23.8 Å². The molecule has 4 nitrogen and oxygen atoms in total. The van der Waals surface area contributed by atoms with Gasteiger partial charge in [0.1, 0.15) is 11.5 Å². The molecule has 0 aliphatic carbocycles. The third kappa shape index (κ3) is 3.61. The Morgan fingerprint density at radius 1 is 1.21 bits per heavy atom. The van der Waals surface area contributed by atoms with Gasteiger partial charge in [-0.3, -0.25) is 0 Å². The molecule has 1 aromatic rings. The lowest BCUT2D eigenvalue weighted by atomic mass is 10.0. The highest BCUT2D eigenvalue weighted by Crippen LogP contribution is 2.29. The van der Waals surface area contributed by atoms with Gasteiger partial charge in [-0.25, -0.2) is 0 Å². The van der Waals surface area contributed by atoms with Gasteiger partial charge in [0.05, 0.1) is 14.2 Å². The summed E-state index contributed by atoms with van der Waals surface area (Å²) in [6, 6.07) is 6.78. The lowest BCUT2D eigenvalue weighted by Crippen LogP contribution is -2.41. The van der Waals surface area contributed by atoms with Crippen LogP contribution in [0.3, 0.4) is 0 Å². The summed E-state index contributed by atoms with van der Waals surface area (Å²) < 4.78 is 10.7. The van der Waals surface area contributed by atoms with E-state index in [2.05, 4.69) is 23.6 Å². The Kier molecular flexibility index (Phi) is 5.05. The highest BCUT2D eigenvalue weighted by Gasteiger charge is 2.18. The molecule has 0 amide bonds. The number of methoxy groups -OCH3 is 2. The number of hydrogen-bond acceptors (Lipinski definition) is 4. The van der Waals surface area contributed by atoms with Crippen molar-refractivity contribution in [2.24, 2.45) is 0 Å². The Bertz CT molecular complexity index is 403. The van der Waals surface area contributed by atoms with Gasteiger partial charge < -0.3 is 20.1 Å². The molecular weight excluding hydrogens is 240 g/mol. The first-order chi connectivity index (χ1) is 9.24. The van der Waals surface area contributed by atoms with Crippen molar-refractivity contribution in [2.75, 3.05) is 27.3 Å². The molecule has 1 aliphatic rings. The van der Waals surface area contributed by atoms with Crippen LogP contribution in [0.15, 0.2) is 18.2 Å². The molecule has 1 fully saturated rings. The Morgan fingerprint density at radius 2 is 1.95 bits per heavy atom. The largest absolute Gasteiger partial charge is 0.497 e. The minimum atomic E-state index is 0.258. The molecule has 0 saturated carbocycles. The Hall–Kier alpha value is -1.26. The van der Waals surface area contributed by atoms with Crippen LogP contribution in [0, 0.1) is 0 Å². The van der Waals surface area contributed by atoms with E-state index in [1.54, 1.807) is 14.2 Å². The molecule has 0 radical (unpaired) electrons. The standard InChI is InChI=1S/C15H24N2O2/c1-11(17-12-6-8-16-9-7-12)14-10-13(18-2)4-5-15(14)19-3/h4-5,10-12,16-17H,6-9H2,1-3H3. The second-order valence-electron chi connectivity index (χ2n) is 5.02. The van der Waals surface area contributed by atoms with Crippen molar-refractivity contribution in [2.45, 2.75) is 31.8 Å². The fourth-order valence-corrected chi connectivity index (χ4v) is 2.61. The molecule has 2 N–H and O–H groups in total. The van der Waals surface area contributed by atoms with E-state index in [0.29, 0.717) is 6.04 Å². The summed E-state index contributed by atoms with van der Waals surface area (Å²) in [6.45, 7) is 4.37. The van der Waals surface area contributed by atoms with Crippen molar-refractivity contribution in [1.82, 2.24) is 10.6 Å². The first kappa shape index (κ1) is 14.2. The van der Waals surface area contributed by atoms with Gasteiger partial charge in [-0.2, -0.15) is 0 Å². The maximum Gasteiger partial charge on any atom is 0.123 e. The molecule has 4 heteroatoms. The average molecular weight is 264 g/mol. The molecule has 1 atom stereocenters. The monoisotopic (exact) mass is 264 g/mol. The fourth-order valence-electron chi connectivity index (χ4n) is 2.61. The quantitative estimate of drug-likeness (QED) is 0.855. The Balaban J connectivity index is 2.09. The van der Waals surface area contributed by atoms with Crippen LogP contribution in [-0.4, -0.2) is 33.4 Å². The van der Waals surface area contributed by atoms with Gasteiger partial charge in [-0.05, 0) is 51.1 Å². The Labute approximate surface area is 115 Å². The van der Waals surface area contributed by atoms with Crippen molar-refractivity contribution in [3.8, 4) is 11.5 Å². The summed E-state index contributed by atoms with van der Waals surface area (Å²) in [5, 5.41) is 7.07. The maximum atomic E-state index is 5.45. The highest BCUT2D eigenvalue weighted by atomic mass is 16.5. The lowest BCUT2D eigenvalue weighted by molar-refractivity contribution is 0.347. The number of ether oxygens (including phenoxy) is 2. The van der Waals surface area contributed by atoms with Crippen LogP contribution >= 0.6 is 0 Å². The van der Waals surface area contributed by atoms with Gasteiger partial charge in [0, 0.05) is 17.6 Å². The fraction of sp³-hybridized carbons (Fsp3) is 0.600. The van der Waals surface area contributed by atoms with Crippen molar-refractivity contribution in [1.29, 1.82) is 0 Å². The minimum absolute atomic E-state index is 0.258. The smallest absolute Gasteiger partial charge is 0.123 e. The van der Waals surface area contributed by atoms with Gasteiger partial charge in [-0.1, -0.05) is 0 Å². The van der Waals surface area contributed by atoms with Gasteiger partial charge in [0.2, 0.25) is 0 Å². The van der Waals surface area contributed by atoms with E-state index in [0.717, 1.165) is 30.2 Å². The molecule has 0 spiro atoms. The molecular formula is C15H24N2O2. The Morgan fingerprint density at radius 3 is 2.58 bits per heavy atom. The minimum Gasteiger partial charge on any atom is -0.497 e. The van der Waals surface area contributed by atoms with Crippen LogP contribution in [-0.2, 0) is 0 Å². The number of benzene rings is 1. The normalized spacial score (nSPS) is 18.1. The van der Waals surface area contributed by atoms with Crippen LogP contribution in [0.2, 0.25) is 0 Å².